The second kappa shape index (κ2) is 7.99. The fourth-order valence-electron chi connectivity index (χ4n) is 3.80. The first-order valence-corrected chi connectivity index (χ1v) is 8.02. The Hall–Kier alpha value is -0.300. The molecule has 106 valence electrons. The average molecular weight is 251 g/mol. The summed E-state index contributed by atoms with van der Waals surface area (Å²) in [6.07, 6.45) is 11.6. The monoisotopic (exact) mass is 251 g/mol. The topological polar surface area (TPSA) is 26.0 Å². The van der Waals surface area contributed by atoms with Crippen LogP contribution in [-0.2, 0) is 0 Å². The minimum atomic E-state index is 0.459. The van der Waals surface area contributed by atoms with Gasteiger partial charge >= 0.3 is 0 Å². The van der Waals surface area contributed by atoms with Crippen LogP contribution >= 0.6 is 0 Å². The van der Waals surface area contributed by atoms with E-state index in [1.807, 2.05) is 0 Å². The molecule has 0 aliphatic heterocycles. The van der Waals surface area contributed by atoms with Crippen LogP contribution in [0.1, 0.15) is 72.6 Å². The van der Waals surface area contributed by atoms with Crippen molar-refractivity contribution in [2.24, 2.45) is 23.5 Å². The van der Waals surface area contributed by atoms with Gasteiger partial charge in [0.1, 0.15) is 0 Å². The van der Waals surface area contributed by atoms with E-state index >= 15 is 0 Å². The molecule has 0 radical (unpaired) electrons. The Kier molecular flexibility index (Phi) is 6.99. The molecule has 1 aliphatic carbocycles. The fraction of sp³-hybridized carbons (Fsp3) is 0.882. The van der Waals surface area contributed by atoms with E-state index in [0.717, 1.165) is 17.8 Å². The van der Waals surface area contributed by atoms with Crippen LogP contribution in [0, 0.1) is 17.8 Å². The first-order chi connectivity index (χ1) is 8.63. The largest absolute Gasteiger partial charge is 0.328 e. The first kappa shape index (κ1) is 15.8. The van der Waals surface area contributed by atoms with Gasteiger partial charge in [-0.05, 0) is 50.9 Å². The molecule has 0 aromatic heterocycles. The maximum absolute atomic E-state index is 6.24. The lowest BCUT2D eigenvalue weighted by Gasteiger charge is -2.29. The zero-order valence-corrected chi connectivity index (χ0v) is 12.9. The summed E-state index contributed by atoms with van der Waals surface area (Å²) >= 11 is 0. The molecule has 0 bridgehead atoms. The zero-order valence-electron chi connectivity index (χ0n) is 12.9. The Morgan fingerprint density at radius 3 is 2.56 bits per heavy atom. The summed E-state index contributed by atoms with van der Waals surface area (Å²) in [5.74, 6) is 2.52. The smallest absolute Gasteiger partial charge is 0.00445 e. The molecule has 1 saturated carbocycles. The van der Waals surface area contributed by atoms with Gasteiger partial charge in [0.25, 0.3) is 0 Å². The number of unbranched alkanes of at least 4 members (excludes halogenated alkanes) is 1. The van der Waals surface area contributed by atoms with E-state index in [-0.39, 0.29) is 0 Å². The molecule has 3 unspecified atom stereocenters. The molecule has 0 aromatic carbocycles. The molecule has 1 rings (SSSR count). The normalized spacial score (nSPS) is 30.7. The van der Waals surface area contributed by atoms with Crippen molar-refractivity contribution in [1.29, 1.82) is 0 Å². The highest BCUT2D eigenvalue weighted by molar-refractivity contribution is 5.07. The van der Waals surface area contributed by atoms with Crippen molar-refractivity contribution in [1.82, 2.24) is 0 Å². The molecule has 18 heavy (non-hydrogen) atoms. The van der Waals surface area contributed by atoms with Gasteiger partial charge in [-0.2, -0.15) is 0 Å². The minimum Gasteiger partial charge on any atom is -0.328 e. The van der Waals surface area contributed by atoms with Gasteiger partial charge in [-0.15, -0.1) is 0 Å². The molecule has 1 fully saturated rings. The van der Waals surface area contributed by atoms with Crippen molar-refractivity contribution in [3.8, 4) is 0 Å². The third-order valence-electron chi connectivity index (χ3n) is 4.87. The van der Waals surface area contributed by atoms with Crippen LogP contribution in [0.25, 0.3) is 0 Å². The van der Waals surface area contributed by atoms with Crippen LogP contribution in [0.3, 0.4) is 0 Å². The summed E-state index contributed by atoms with van der Waals surface area (Å²) in [5.41, 5.74) is 7.84. The molecule has 1 heteroatoms. The van der Waals surface area contributed by atoms with Crippen molar-refractivity contribution in [3.05, 3.63) is 11.6 Å². The number of hydrogen-bond donors (Lipinski definition) is 1. The standard InChI is InChI=1S/C17H33N/c1-5-8-10-14-11-15(18)12-17(14)16(9-6-2)13(4)7-3/h7,14-17H,5-6,8-12,18H2,1-4H3/b13-7-/t14?,15?,16?,17-/m1/s1. The number of rotatable bonds is 7. The van der Waals surface area contributed by atoms with E-state index in [1.54, 1.807) is 5.57 Å². The van der Waals surface area contributed by atoms with E-state index in [1.165, 1.54) is 44.9 Å². The van der Waals surface area contributed by atoms with Crippen molar-refractivity contribution < 1.29 is 0 Å². The number of nitrogens with two attached hydrogens (primary N) is 1. The zero-order chi connectivity index (χ0) is 13.5. The van der Waals surface area contributed by atoms with E-state index in [2.05, 4.69) is 33.8 Å². The molecule has 4 atom stereocenters. The Morgan fingerprint density at radius 2 is 2.00 bits per heavy atom. The summed E-state index contributed by atoms with van der Waals surface area (Å²) in [5, 5.41) is 0. The van der Waals surface area contributed by atoms with Gasteiger partial charge in [0, 0.05) is 6.04 Å². The van der Waals surface area contributed by atoms with Crippen LogP contribution in [0.15, 0.2) is 11.6 Å². The molecule has 1 nitrogen and oxygen atoms in total. The van der Waals surface area contributed by atoms with Crippen LogP contribution in [0.2, 0.25) is 0 Å². The minimum absolute atomic E-state index is 0.459. The number of allylic oxidation sites excluding steroid dienone is 2. The van der Waals surface area contributed by atoms with Crippen molar-refractivity contribution in [2.45, 2.75) is 78.7 Å². The molecule has 1 aliphatic rings. The van der Waals surface area contributed by atoms with E-state index in [4.69, 9.17) is 5.73 Å². The van der Waals surface area contributed by atoms with Crippen LogP contribution < -0.4 is 5.73 Å². The second-order valence-electron chi connectivity index (χ2n) is 6.23. The molecule has 0 saturated heterocycles. The molecule has 0 spiro atoms. The van der Waals surface area contributed by atoms with E-state index < -0.39 is 0 Å². The Morgan fingerprint density at radius 1 is 1.28 bits per heavy atom. The van der Waals surface area contributed by atoms with Gasteiger partial charge in [0.05, 0.1) is 0 Å². The lowest BCUT2D eigenvalue weighted by Crippen LogP contribution is -2.21. The third kappa shape index (κ3) is 4.12. The predicted molar refractivity (Wildman–Crippen MR) is 81.5 cm³/mol. The summed E-state index contributed by atoms with van der Waals surface area (Å²) in [4.78, 5) is 0. The van der Waals surface area contributed by atoms with Gasteiger partial charge < -0.3 is 5.73 Å². The maximum atomic E-state index is 6.24. The highest BCUT2D eigenvalue weighted by atomic mass is 14.7. The summed E-state index contributed by atoms with van der Waals surface area (Å²) in [6, 6.07) is 0.459. The summed E-state index contributed by atoms with van der Waals surface area (Å²) in [7, 11) is 0. The molecule has 0 heterocycles. The van der Waals surface area contributed by atoms with Crippen LogP contribution in [0.4, 0.5) is 0 Å². The lowest BCUT2D eigenvalue weighted by molar-refractivity contribution is 0.261. The Bertz CT molecular complexity index is 256. The van der Waals surface area contributed by atoms with Crippen LogP contribution in [-0.4, -0.2) is 6.04 Å². The third-order valence-corrected chi connectivity index (χ3v) is 4.87. The quantitative estimate of drug-likeness (QED) is 0.639. The highest BCUT2D eigenvalue weighted by Crippen LogP contribution is 2.43. The van der Waals surface area contributed by atoms with E-state index in [0.29, 0.717) is 6.04 Å². The van der Waals surface area contributed by atoms with Crippen molar-refractivity contribution in [3.63, 3.8) is 0 Å². The number of hydrogen-bond acceptors (Lipinski definition) is 1. The Labute approximate surface area is 114 Å². The Balaban J connectivity index is 2.73. The van der Waals surface area contributed by atoms with Gasteiger partial charge in [-0.25, -0.2) is 0 Å². The summed E-state index contributed by atoms with van der Waals surface area (Å²) < 4.78 is 0. The maximum Gasteiger partial charge on any atom is 0.00445 e. The molecular formula is C17H33N. The lowest BCUT2D eigenvalue weighted by atomic mass is 9.76. The molecular weight excluding hydrogens is 218 g/mol. The fourth-order valence-corrected chi connectivity index (χ4v) is 3.80. The van der Waals surface area contributed by atoms with Gasteiger partial charge in [0.2, 0.25) is 0 Å². The van der Waals surface area contributed by atoms with E-state index in [9.17, 15) is 0 Å². The molecule has 0 amide bonds. The average Bonchev–Trinajstić information content (AvgIpc) is 2.73. The molecule has 2 N–H and O–H groups in total. The molecule has 0 aromatic rings. The second-order valence-corrected chi connectivity index (χ2v) is 6.23. The van der Waals surface area contributed by atoms with Crippen molar-refractivity contribution in [2.75, 3.05) is 0 Å². The first-order valence-electron chi connectivity index (χ1n) is 8.02. The summed E-state index contributed by atoms with van der Waals surface area (Å²) in [6.45, 7) is 9.12. The predicted octanol–water partition coefficient (Wildman–Crippen LogP) is 4.91. The highest BCUT2D eigenvalue weighted by Gasteiger charge is 2.36. The van der Waals surface area contributed by atoms with Crippen LogP contribution in [0.5, 0.6) is 0 Å². The van der Waals surface area contributed by atoms with Gasteiger partial charge in [0.15, 0.2) is 0 Å². The van der Waals surface area contributed by atoms with Gasteiger partial charge in [-0.3, -0.25) is 0 Å². The van der Waals surface area contributed by atoms with Gasteiger partial charge in [-0.1, -0.05) is 51.2 Å². The SMILES string of the molecule is C/C=C(/C)C(CCC)[C@@H]1CC(N)CC1CCCC. The van der Waals surface area contributed by atoms with Crippen molar-refractivity contribution >= 4 is 0 Å².